The number of rotatable bonds is 3. The van der Waals surface area contributed by atoms with Crippen LogP contribution in [0.1, 0.15) is 15.9 Å². The summed E-state index contributed by atoms with van der Waals surface area (Å²) in [6.45, 7) is 0.589. The lowest BCUT2D eigenvalue weighted by atomic mass is 10.1. The van der Waals surface area contributed by atoms with E-state index in [2.05, 4.69) is 0 Å². The minimum Gasteiger partial charge on any atom is -0.508 e. The fourth-order valence-electron chi connectivity index (χ4n) is 1.17. The smallest absolute Gasteiger partial charge is 0.335 e. The normalized spacial score (nSPS) is 10.5. The molecule has 0 aliphatic rings. The van der Waals surface area contributed by atoms with Crippen molar-refractivity contribution < 1.29 is 15.0 Å². The maximum Gasteiger partial charge on any atom is 0.335 e. The number of hydrogen-bond donors (Lipinski definition) is 2. The highest BCUT2D eigenvalue weighted by molar-refractivity contribution is 5.88. The first kappa shape index (κ1) is 10.5. The molecular formula is C10H13NO3. The highest BCUT2D eigenvalue weighted by Crippen LogP contribution is 2.19. The number of aromatic hydroxyl groups is 1. The monoisotopic (exact) mass is 195 g/mol. The van der Waals surface area contributed by atoms with Crippen LogP contribution in [-0.2, 0) is 6.54 Å². The average molecular weight is 195 g/mol. The van der Waals surface area contributed by atoms with Crippen LogP contribution in [0.15, 0.2) is 18.2 Å². The van der Waals surface area contributed by atoms with E-state index in [-0.39, 0.29) is 11.3 Å². The number of phenols is 1. The first-order chi connectivity index (χ1) is 6.50. The maximum atomic E-state index is 10.6. The van der Waals surface area contributed by atoms with Gasteiger partial charge in [-0.3, -0.25) is 0 Å². The third-order valence-corrected chi connectivity index (χ3v) is 1.82. The molecule has 0 saturated carbocycles. The van der Waals surface area contributed by atoms with Gasteiger partial charge in [0, 0.05) is 12.1 Å². The van der Waals surface area contributed by atoms with Crippen LogP contribution in [0.5, 0.6) is 5.75 Å². The van der Waals surface area contributed by atoms with E-state index in [1.54, 1.807) is 6.07 Å². The highest BCUT2D eigenvalue weighted by atomic mass is 16.4. The molecule has 76 valence electrons. The molecule has 1 rings (SSSR count). The molecule has 4 nitrogen and oxygen atoms in total. The molecule has 2 N–H and O–H groups in total. The molecule has 0 spiro atoms. The summed E-state index contributed by atoms with van der Waals surface area (Å²) in [6.07, 6.45) is 0. The zero-order valence-electron chi connectivity index (χ0n) is 8.19. The Bertz CT molecular complexity index is 347. The second-order valence-electron chi connectivity index (χ2n) is 3.39. The van der Waals surface area contributed by atoms with Gasteiger partial charge in [0.05, 0.1) is 5.56 Å². The van der Waals surface area contributed by atoms with Crippen molar-refractivity contribution in [1.29, 1.82) is 0 Å². The lowest BCUT2D eigenvalue weighted by Gasteiger charge is -2.11. The van der Waals surface area contributed by atoms with E-state index in [0.29, 0.717) is 6.54 Å². The van der Waals surface area contributed by atoms with Gasteiger partial charge >= 0.3 is 5.97 Å². The van der Waals surface area contributed by atoms with E-state index in [1.807, 2.05) is 19.0 Å². The standard InChI is InChI=1S/C10H13NO3/c1-11(2)6-8-4-3-7(10(13)14)5-9(8)12/h3-5,12H,6H2,1-2H3,(H,13,14). The van der Waals surface area contributed by atoms with E-state index in [1.165, 1.54) is 12.1 Å². The van der Waals surface area contributed by atoms with Gasteiger partial charge in [-0.25, -0.2) is 4.79 Å². The molecular weight excluding hydrogens is 182 g/mol. The fourth-order valence-corrected chi connectivity index (χ4v) is 1.17. The number of carbonyl (C=O) groups is 1. The van der Waals surface area contributed by atoms with Crippen LogP contribution in [0.4, 0.5) is 0 Å². The van der Waals surface area contributed by atoms with Crippen LogP contribution in [0, 0.1) is 0 Å². The van der Waals surface area contributed by atoms with Gasteiger partial charge in [-0.15, -0.1) is 0 Å². The molecule has 4 heteroatoms. The third-order valence-electron chi connectivity index (χ3n) is 1.82. The first-order valence-electron chi connectivity index (χ1n) is 4.20. The highest BCUT2D eigenvalue weighted by Gasteiger charge is 2.07. The van der Waals surface area contributed by atoms with Crippen molar-refractivity contribution >= 4 is 5.97 Å². The van der Waals surface area contributed by atoms with Crippen LogP contribution >= 0.6 is 0 Å². The van der Waals surface area contributed by atoms with Crippen LogP contribution < -0.4 is 0 Å². The van der Waals surface area contributed by atoms with Gasteiger partial charge in [0.25, 0.3) is 0 Å². The predicted molar refractivity (Wildman–Crippen MR) is 52.5 cm³/mol. The minimum atomic E-state index is -1.03. The molecule has 0 unspecified atom stereocenters. The molecule has 0 bridgehead atoms. The van der Waals surface area contributed by atoms with Gasteiger partial charge in [0.2, 0.25) is 0 Å². The topological polar surface area (TPSA) is 60.8 Å². The zero-order chi connectivity index (χ0) is 10.7. The van der Waals surface area contributed by atoms with Gasteiger partial charge < -0.3 is 15.1 Å². The number of phenolic OH excluding ortho intramolecular Hbond substituents is 1. The number of hydrogen-bond acceptors (Lipinski definition) is 3. The van der Waals surface area contributed by atoms with Crippen LogP contribution in [0.3, 0.4) is 0 Å². The van der Waals surface area contributed by atoms with E-state index < -0.39 is 5.97 Å². The minimum absolute atomic E-state index is 0.0265. The van der Waals surface area contributed by atoms with E-state index in [4.69, 9.17) is 5.11 Å². The van der Waals surface area contributed by atoms with Gasteiger partial charge in [-0.1, -0.05) is 6.07 Å². The number of nitrogens with zero attached hydrogens (tertiary/aromatic N) is 1. The van der Waals surface area contributed by atoms with Crippen LogP contribution in [0.25, 0.3) is 0 Å². The second-order valence-corrected chi connectivity index (χ2v) is 3.39. The van der Waals surface area contributed by atoms with Gasteiger partial charge in [0.15, 0.2) is 0 Å². The first-order valence-corrected chi connectivity index (χ1v) is 4.20. The molecule has 0 aliphatic heterocycles. The van der Waals surface area contributed by atoms with E-state index >= 15 is 0 Å². The van der Waals surface area contributed by atoms with Crippen molar-refractivity contribution in [1.82, 2.24) is 4.90 Å². The van der Waals surface area contributed by atoms with Crippen molar-refractivity contribution in [2.24, 2.45) is 0 Å². The molecule has 0 radical (unpaired) electrons. The molecule has 1 aromatic rings. The Kier molecular flexibility index (Phi) is 3.09. The SMILES string of the molecule is CN(C)Cc1ccc(C(=O)O)cc1O. The van der Waals surface area contributed by atoms with Crippen LogP contribution in [-0.4, -0.2) is 35.2 Å². The summed E-state index contributed by atoms with van der Waals surface area (Å²) in [7, 11) is 3.76. The summed E-state index contributed by atoms with van der Waals surface area (Å²) in [5.41, 5.74) is 0.824. The molecule has 0 heterocycles. The summed E-state index contributed by atoms with van der Waals surface area (Å²) >= 11 is 0. The summed E-state index contributed by atoms with van der Waals surface area (Å²) in [5.74, 6) is -1.00. The summed E-state index contributed by atoms with van der Waals surface area (Å²) in [6, 6.07) is 4.38. The van der Waals surface area contributed by atoms with E-state index in [0.717, 1.165) is 5.56 Å². The van der Waals surface area contributed by atoms with Crippen LogP contribution in [0.2, 0.25) is 0 Å². The number of benzene rings is 1. The molecule has 0 aromatic heterocycles. The predicted octanol–water partition coefficient (Wildman–Crippen LogP) is 1.15. The van der Waals surface area contributed by atoms with Crippen molar-refractivity contribution in [3.8, 4) is 5.75 Å². The van der Waals surface area contributed by atoms with Gasteiger partial charge in [-0.2, -0.15) is 0 Å². The van der Waals surface area contributed by atoms with Crippen molar-refractivity contribution in [2.45, 2.75) is 6.54 Å². The Hall–Kier alpha value is -1.55. The number of carboxylic acid groups (broad SMARTS) is 1. The molecule has 1 aromatic carbocycles. The maximum absolute atomic E-state index is 10.6. The molecule has 0 amide bonds. The molecule has 14 heavy (non-hydrogen) atoms. The second kappa shape index (κ2) is 4.11. The summed E-state index contributed by atoms with van der Waals surface area (Å²) in [5, 5.41) is 18.2. The number of carboxylic acids is 1. The Balaban J connectivity index is 2.95. The molecule has 0 fully saturated rings. The third kappa shape index (κ3) is 2.47. The largest absolute Gasteiger partial charge is 0.508 e. The average Bonchev–Trinajstić information content (AvgIpc) is 2.07. The van der Waals surface area contributed by atoms with Gasteiger partial charge in [0.1, 0.15) is 5.75 Å². The molecule has 0 atom stereocenters. The Morgan fingerprint density at radius 2 is 2.07 bits per heavy atom. The Morgan fingerprint density at radius 1 is 1.43 bits per heavy atom. The molecule has 0 saturated heterocycles. The quantitative estimate of drug-likeness (QED) is 0.759. The zero-order valence-corrected chi connectivity index (χ0v) is 8.19. The lowest BCUT2D eigenvalue weighted by Crippen LogP contribution is -2.11. The summed E-state index contributed by atoms with van der Waals surface area (Å²) in [4.78, 5) is 12.5. The Labute approximate surface area is 82.4 Å². The fraction of sp³-hybridized carbons (Fsp3) is 0.300. The van der Waals surface area contributed by atoms with Crippen molar-refractivity contribution in [2.75, 3.05) is 14.1 Å². The van der Waals surface area contributed by atoms with Crippen molar-refractivity contribution in [3.05, 3.63) is 29.3 Å². The van der Waals surface area contributed by atoms with E-state index in [9.17, 15) is 9.90 Å². The van der Waals surface area contributed by atoms with Crippen molar-refractivity contribution in [3.63, 3.8) is 0 Å². The Morgan fingerprint density at radius 3 is 2.50 bits per heavy atom. The molecule has 0 aliphatic carbocycles. The lowest BCUT2D eigenvalue weighted by molar-refractivity contribution is 0.0696. The summed E-state index contributed by atoms with van der Waals surface area (Å²) < 4.78 is 0. The van der Waals surface area contributed by atoms with Gasteiger partial charge in [-0.05, 0) is 26.2 Å². The number of aromatic carboxylic acids is 1.